The average Bonchev–Trinajstić information content (AvgIpc) is 2.71. The topological polar surface area (TPSA) is 107 Å². The minimum atomic E-state index is -0.583. The number of carbonyl (C=O) groups is 2. The molecular formula is C21H26N6O2. The first-order valence-corrected chi connectivity index (χ1v) is 9.12. The van der Waals surface area contributed by atoms with Gasteiger partial charge in [0.15, 0.2) is 0 Å². The lowest BCUT2D eigenvalue weighted by molar-refractivity contribution is 0.251. The van der Waals surface area contributed by atoms with Crippen LogP contribution >= 0.6 is 0 Å². The molecule has 0 bridgehead atoms. The lowest BCUT2D eigenvalue weighted by Gasteiger charge is -2.24. The summed E-state index contributed by atoms with van der Waals surface area (Å²) in [6.45, 7) is 7.37. The molecule has 0 fully saturated rings. The SMILES string of the molecule is C/C(=N\NC(=O)Nc1ccccc1)C(C)(C)/C(C)=N/NC(=O)Nc1ccccc1. The van der Waals surface area contributed by atoms with Gasteiger partial charge in [-0.1, -0.05) is 36.4 Å². The first-order valence-electron chi connectivity index (χ1n) is 9.12. The summed E-state index contributed by atoms with van der Waals surface area (Å²) < 4.78 is 0. The molecule has 8 nitrogen and oxygen atoms in total. The molecule has 2 aromatic carbocycles. The zero-order valence-electron chi connectivity index (χ0n) is 17.0. The van der Waals surface area contributed by atoms with Gasteiger partial charge >= 0.3 is 12.1 Å². The van der Waals surface area contributed by atoms with Crippen molar-refractivity contribution >= 4 is 34.9 Å². The molecule has 0 unspecified atom stereocenters. The van der Waals surface area contributed by atoms with Gasteiger partial charge in [0, 0.05) is 28.2 Å². The van der Waals surface area contributed by atoms with Crippen molar-refractivity contribution in [3.05, 3.63) is 60.7 Å². The Hall–Kier alpha value is -3.68. The molecule has 152 valence electrons. The van der Waals surface area contributed by atoms with Gasteiger partial charge in [0.1, 0.15) is 0 Å². The fourth-order valence-corrected chi connectivity index (χ4v) is 2.17. The van der Waals surface area contributed by atoms with E-state index in [0.29, 0.717) is 22.8 Å². The lowest BCUT2D eigenvalue weighted by Crippen LogP contribution is -2.35. The number of hydrazone groups is 2. The number of benzene rings is 2. The molecule has 0 aliphatic heterocycles. The summed E-state index contributed by atoms with van der Waals surface area (Å²) in [4.78, 5) is 24.0. The van der Waals surface area contributed by atoms with Crippen LogP contribution < -0.4 is 21.5 Å². The maximum atomic E-state index is 12.0. The number of para-hydroxylation sites is 2. The summed E-state index contributed by atoms with van der Waals surface area (Å²) in [5, 5.41) is 13.7. The Morgan fingerprint density at radius 1 is 0.690 bits per heavy atom. The van der Waals surface area contributed by atoms with E-state index in [9.17, 15) is 9.59 Å². The first kappa shape index (κ1) is 21.6. The van der Waals surface area contributed by atoms with Crippen molar-refractivity contribution in [2.75, 3.05) is 10.6 Å². The van der Waals surface area contributed by atoms with Gasteiger partial charge in [0.25, 0.3) is 0 Å². The predicted octanol–water partition coefficient (Wildman–Crippen LogP) is 4.41. The molecule has 0 aliphatic carbocycles. The number of hydrogen-bond acceptors (Lipinski definition) is 4. The van der Waals surface area contributed by atoms with Crippen LogP contribution in [0.3, 0.4) is 0 Å². The number of urea groups is 2. The van der Waals surface area contributed by atoms with Gasteiger partial charge in [-0.2, -0.15) is 10.2 Å². The number of amides is 4. The van der Waals surface area contributed by atoms with E-state index < -0.39 is 17.5 Å². The Labute approximate surface area is 170 Å². The molecule has 0 aromatic heterocycles. The third kappa shape index (κ3) is 6.76. The number of rotatable bonds is 6. The van der Waals surface area contributed by atoms with Crippen LogP contribution in [0.4, 0.5) is 21.0 Å². The molecule has 0 aliphatic rings. The van der Waals surface area contributed by atoms with Gasteiger partial charge in [-0.25, -0.2) is 20.4 Å². The van der Waals surface area contributed by atoms with Crippen LogP contribution in [0, 0.1) is 5.41 Å². The van der Waals surface area contributed by atoms with Crippen molar-refractivity contribution < 1.29 is 9.59 Å². The lowest BCUT2D eigenvalue weighted by atomic mass is 9.84. The first-order chi connectivity index (χ1) is 13.8. The molecule has 4 amide bonds. The van der Waals surface area contributed by atoms with Crippen molar-refractivity contribution in [1.82, 2.24) is 10.9 Å². The molecule has 0 heterocycles. The van der Waals surface area contributed by atoms with Gasteiger partial charge in [0.2, 0.25) is 0 Å². The van der Waals surface area contributed by atoms with Crippen molar-refractivity contribution in [2.24, 2.45) is 15.6 Å². The minimum Gasteiger partial charge on any atom is -0.307 e. The fourth-order valence-electron chi connectivity index (χ4n) is 2.17. The van der Waals surface area contributed by atoms with E-state index in [1.54, 1.807) is 38.1 Å². The number of nitrogens with zero attached hydrogens (tertiary/aromatic N) is 2. The van der Waals surface area contributed by atoms with Crippen LogP contribution in [0.2, 0.25) is 0 Å². The predicted molar refractivity (Wildman–Crippen MR) is 117 cm³/mol. The Morgan fingerprint density at radius 2 is 1.03 bits per heavy atom. The average molecular weight is 394 g/mol. The molecule has 8 heteroatoms. The maximum absolute atomic E-state index is 12.0. The summed E-state index contributed by atoms with van der Waals surface area (Å²) in [6, 6.07) is 17.3. The number of nitrogens with one attached hydrogen (secondary N) is 4. The highest BCUT2D eigenvalue weighted by Crippen LogP contribution is 2.20. The minimum absolute atomic E-state index is 0.443. The Balaban J connectivity index is 1.92. The highest BCUT2D eigenvalue weighted by atomic mass is 16.2. The van der Waals surface area contributed by atoms with Gasteiger partial charge in [-0.3, -0.25) is 0 Å². The molecule has 0 radical (unpaired) electrons. The van der Waals surface area contributed by atoms with Crippen molar-refractivity contribution in [1.29, 1.82) is 0 Å². The van der Waals surface area contributed by atoms with Crippen molar-refractivity contribution in [3.8, 4) is 0 Å². The second kappa shape index (κ2) is 10.0. The Bertz CT molecular complexity index is 818. The maximum Gasteiger partial charge on any atom is 0.339 e. The Kier molecular flexibility index (Phi) is 7.47. The number of hydrogen-bond donors (Lipinski definition) is 4. The van der Waals surface area contributed by atoms with Crippen LogP contribution in [0.15, 0.2) is 70.9 Å². The summed E-state index contributed by atoms with van der Waals surface area (Å²) in [7, 11) is 0. The quantitative estimate of drug-likeness (QED) is 0.430. The second-order valence-corrected chi connectivity index (χ2v) is 6.88. The molecule has 0 spiro atoms. The highest BCUT2D eigenvalue weighted by Gasteiger charge is 2.26. The van der Waals surface area contributed by atoms with Crippen LogP contribution in [-0.2, 0) is 0 Å². The van der Waals surface area contributed by atoms with E-state index in [1.807, 2.05) is 50.2 Å². The fraction of sp³-hybridized carbons (Fsp3) is 0.238. The molecule has 4 N–H and O–H groups in total. The van der Waals surface area contributed by atoms with Crippen LogP contribution in [-0.4, -0.2) is 23.5 Å². The Morgan fingerprint density at radius 3 is 1.38 bits per heavy atom. The summed E-state index contributed by atoms with van der Waals surface area (Å²) in [6.07, 6.45) is 0. The highest BCUT2D eigenvalue weighted by molar-refractivity contribution is 6.09. The van der Waals surface area contributed by atoms with E-state index in [1.165, 1.54) is 0 Å². The molecular weight excluding hydrogens is 368 g/mol. The largest absolute Gasteiger partial charge is 0.339 e. The van der Waals surface area contributed by atoms with Crippen LogP contribution in [0.5, 0.6) is 0 Å². The van der Waals surface area contributed by atoms with Crippen LogP contribution in [0.25, 0.3) is 0 Å². The van der Waals surface area contributed by atoms with Gasteiger partial charge in [-0.15, -0.1) is 0 Å². The van der Waals surface area contributed by atoms with Gasteiger partial charge in [-0.05, 0) is 52.0 Å². The van der Waals surface area contributed by atoms with E-state index in [-0.39, 0.29) is 0 Å². The molecule has 0 atom stereocenters. The molecule has 29 heavy (non-hydrogen) atoms. The van der Waals surface area contributed by atoms with Gasteiger partial charge in [0.05, 0.1) is 0 Å². The van der Waals surface area contributed by atoms with Gasteiger partial charge < -0.3 is 10.6 Å². The zero-order valence-corrected chi connectivity index (χ0v) is 17.0. The van der Waals surface area contributed by atoms with E-state index in [2.05, 4.69) is 31.7 Å². The van der Waals surface area contributed by atoms with E-state index in [4.69, 9.17) is 0 Å². The monoisotopic (exact) mass is 394 g/mol. The zero-order chi connectivity index (χ0) is 21.3. The molecule has 0 saturated carbocycles. The van der Waals surface area contributed by atoms with Crippen molar-refractivity contribution in [3.63, 3.8) is 0 Å². The molecule has 2 aromatic rings. The second-order valence-electron chi connectivity index (χ2n) is 6.88. The summed E-state index contributed by atoms with van der Waals surface area (Å²) in [5.74, 6) is 0. The number of carbonyl (C=O) groups excluding carboxylic acids is 2. The molecule has 2 rings (SSSR count). The third-order valence-electron chi connectivity index (χ3n) is 4.52. The van der Waals surface area contributed by atoms with Crippen molar-refractivity contribution in [2.45, 2.75) is 27.7 Å². The van der Waals surface area contributed by atoms with E-state index >= 15 is 0 Å². The molecule has 0 saturated heterocycles. The summed E-state index contributed by atoms with van der Waals surface area (Å²) in [5.41, 5.74) is 6.97. The normalized spacial score (nSPS) is 12.1. The summed E-state index contributed by atoms with van der Waals surface area (Å²) >= 11 is 0. The standard InChI is InChI=1S/C21H26N6O2/c1-15(24-26-19(28)22-17-11-7-5-8-12-17)21(3,4)16(2)25-27-20(29)23-18-13-9-6-10-14-18/h5-14H,1-4H3,(H2,22,26,28)(H2,23,27,29)/b24-15+,25-16+. The van der Waals surface area contributed by atoms with Crippen LogP contribution in [0.1, 0.15) is 27.7 Å². The van der Waals surface area contributed by atoms with E-state index in [0.717, 1.165) is 0 Å². The smallest absolute Gasteiger partial charge is 0.307 e. The third-order valence-corrected chi connectivity index (χ3v) is 4.52. The number of anilines is 2.